The summed E-state index contributed by atoms with van der Waals surface area (Å²) < 4.78 is 0. The van der Waals surface area contributed by atoms with E-state index in [-0.39, 0.29) is 36.8 Å². The molecule has 0 radical (unpaired) electrons. The summed E-state index contributed by atoms with van der Waals surface area (Å²) in [5, 5.41) is 0. The molecule has 0 spiro atoms. The van der Waals surface area contributed by atoms with E-state index in [2.05, 4.69) is 4.98 Å². The summed E-state index contributed by atoms with van der Waals surface area (Å²) in [5.74, 6) is 0.0400. The van der Waals surface area contributed by atoms with Gasteiger partial charge in [-0.25, -0.2) is 0 Å². The Bertz CT molecular complexity index is 348. The highest BCUT2D eigenvalue weighted by Gasteiger charge is 2.21. The molecule has 2 rings (SSSR count). The Morgan fingerprint density at radius 3 is 2.82 bits per heavy atom. The minimum absolute atomic E-state index is 0. The number of amides is 1. The third-order valence-electron chi connectivity index (χ3n) is 2.65. The fourth-order valence-electron chi connectivity index (χ4n) is 1.87. The molecule has 2 heterocycles. The summed E-state index contributed by atoms with van der Waals surface area (Å²) in [6.07, 6.45) is 5.27. The second kappa shape index (κ2) is 7.48. The fourth-order valence-corrected chi connectivity index (χ4v) is 1.87. The normalized spacial score (nSPS) is 18.9. The van der Waals surface area contributed by atoms with E-state index in [1.165, 1.54) is 0 Å². The van der Waals surface area contributed by atoms with Crippen LogP contribution in [-0.4, -0.2) is 34.9 Å². The predicted molar refractivity (Wildman–Crippen MR) is 71.8 cm³/mol. The molecule has 1 amide bonds. The van der Waals surface area contributed by atoms with Crippen molar-refractivity contribution in [1.82, 2.24) is 9.88 Å². The van der Waals surface area contributed by atoms with E-state index in [0.717, 1.165) is 19.4 Å². The number of nitrogens with zero attached hydrogens (tertiary/aromatic N) is 2. The monoisotopic (exact) mass is 277 g/mol. The minimum Gasteiger partial charge on any atom is -0.337 e. The van der Waals surface area contributed by atoms with Crippen LogP contribution in [0.4, 0.5) is 0 Å². The molecule has 1 saturated heterocycles. The van der Waals surface area contributed by atoms with Crippen molar-refractivity contribution >= 4 is 30.7 Å². The molecule has 1 aromatic heterocycles. The van der Waals surface area contributed by atoms with Crippen LogP contribution in [-0.2, 0) is 0 Å². The van der Waals surface area contributed by atoms with E-state index in [9.17, 15) is 4.79 Å². The molecule has 1 atom stereocenters. The molecule has 2 N–H and O–H groups in total. The second-order valence-corrected chi connectivity index (χ2v) is 3.90. The smallest absolute Gasteiger partial charge is 0.255 e. The summed E-state index contributed by atoms with van der Waals surface area (Å²) in [7, 11) is 0. The van der Waals surface area contributed by atoms with E-state index in [1.54, 1.807) is 24.5 Å². The number of hydrogen-bond donors (Lipinski definition) is 1. The molecule has 1 unspecified atom stereocenters. The van der Waals surface area contributed by atoms with Gasteiger partial charge in [0.1, 0.15) is 0 Å². The molecule has 1 aromatic rings. The maximum absolute atomic E-state index is 12.0. The van der Waals surface area contributed by atoms with Gasteiger partial charge < -0.3 is 10.6 Å². The number of pyridine rings is 1. The lowest BCUT2D eigenvalue weighted by molar-refractivity contribution is 0.0708. The van der Waals surface area contributed by atoms with Crippen molar-refractivity contribution in [3.63, 3.8) is 0 Å². The zero-order valence-corrected chi connectivity index (χ0v) is 11.0. The first kappa shape index (κ1) is 16.2. The quantitative estimate of drug-likeness (QED) is 0.846. The van der Waals surface area contributed by atoms with Crippen molar-refractivity contribution in [2.45, 2.75) is 18.9 Å². The standard InChI is InChI=1S/C11H15N3O.2ClH/c12-10-4-2-6-14(8-10)11(15)9-3-1-5-13-7-9;;/h1,3,5,7,10H,2,4,6,8,12H2;2*1H. The van der Waals surface area contributed by atoms with Gasteiger partial charge in [0.15, 0.2) is 0 Å². The Morgan fingerprint density at radius 1 is 1.47 bits per heavy atom. The van der Waals surface area contributed by atoms with Gasteiger partial charge in [-0.3, -0.25) is 9.78 Å². The lowest BCUT2D eigenvalue weighted by atomic mass is 10.1. The molecule has 0 aliphatic carbocycles. The number of likely N-dealkylation sites (tertiary alicyclic amines) is 1. The third kappa shape index (κ3) is 4.15. The Balaban J connectivity index is 0.00000128. The Labute approximate surface area is 113 Å². The number of carbonyl (C=O) groups is 1. The van der Waals surface area contributed by atoms with Crippen LogP contribution in [0.5, 0.6) is 0 Å². The van der Waals surface area contributed by atoms with Crippen LogP contribution in [0.1, 0.15) is 23.2 Å². The molecule has 4 nitrogen and oxygen atoms in total. The van der Waals surface area contributed by atoms with Gasteiger partial charge >= 0.3 is 0 Å². The van der Waals surface area contributed by atoms with Gasteiger partial charge in [0, 0.05) is 31.5 Å². The number of aromatic nitrogens is 1. The second-order valence-electron chi connectivity index (χ2n) is 3.90. The molecule has 0 bridgehead atoms. The van der Waals surface area contributed by atoms with Crippen molar-refractivity contribution in [2.24, 2.45) is 5.73 Å². The molecular formula is C11H17Cl2N3O. The maximum atomic E-state index is 12.0. The zero-order chi connectivity index (χ0) is 10.7. The van der Waals surface area contributed by atoms with Crippen LogP contribution >= 0.6 is 24.8 Å². The SMILES string of the molecule is Cl.Cl.NC1CCCN(C(=O)c2cccnc2)C1. The van der Waals surface area contributed by atoms with Crippen LogP contribution in [0.15, 0.2) is 24.5 Å². The van der Waals surface area contributed by atoms with Crippen LogP contribution in [0, 0.1) is 0 Å². The summed E-state index contributed by atoms with van der Waals surface area (Å²) in [5.41, 5.74) is 6.48. The van der Waals surface area contributed by atoms with E-state index in [0.29, 0.717) is 12.1 Å². The topological polar surface area (TPSA) is 59.2 Å². The van der Waals surface area contributed by atoms with E-state index in [1.807, 2.05) is 4.90 Å². The highest BCUT2D eigenvalue weighted by atomic mass is 35.5. The lowest BCUT2D eigenvalue weighted by Gasteiger charge is -2.30. The van der Waals surface area contributed by atoms with Crippen LogP contribution in [0.3, 0.4) is 0 Å². The number of piperidine rings is 1. The minimum atomic E-state index is 0. The predicted octanol–water partition coefficient (Wildman–Crippen LogP) is 1.49. The van der Waals surface area contributed by atoms with E-state index < -0.39 is 0 Å². The highest BCUT2D eigenvalue weighted by molar-refractivity contribution is 5.93. The molecule has 17 heavy (non-hydrogen) atoms. The maximum Gasteiger partial charge on any atom is 0.255 e. The third-order valence-corrected chi connectivity index (χ3v) is 2.65. The van der Waals surface area contributed by atoms with Crippen LogP contribution < -0.4 is 5.73 Å². The molecule has 1 aliphatic rings. The van der Waals surface area contributed by atoms with Gasteiger partial charge in [0.25, 0.3) is 5.91 Å². The first-order valence-corrected chi connectivity index (χ1v) is 5.22. The Morgan fingerprint density at radius 2 is 2.24 bits per heavy atom. The highest BCUT2D eigenvalue weighted by Crippen LogP contribution is 2.11. The van der Waals surface area contributed by atoms with Gasteiger partial charge in [0.2, 0.25) is 0 Å². The number of hydrogen-bond acceptors (Lipinski definition) is 3. The van der Waals surface area contributed by atoms with Gasteiger partial charge in [-0.2, -0.15) is 0 Å². The average Bonchev–Trinajstić information content (AvgIpc) is 2.29. The first-order chi connectivity index (χ1) is 7.27. The number of halogens is 2. The van der Waals surface area contributed by atoms with E-state index >= 15 is 0 Å². The Hall–Kier alpha value is -0.840. The van der Waals surface area contributed by atoms with Gasteiger partial charge in [0.05, 0.1) is 5.56 Å². The van der Waals surface area contributed by atoms with Gasteiger partial charge in [-0.15, -0.1) is 24.8 Å². The van der Waals surface area contributed by atoms with E-state index in [4.69, 9.17) is 5.73 Å². The summed E-state index contributed by atoms with van der Waals surface area (Å²) >= 11 is 0. The van der Waals surface area contributed by atoms with Crippen molar-refractivity contribution in [3.8, 4) is 0 Å². The number of rotatable bonds is 1. The molecule has 1 fully saturated rings. The molecular weight excluding hydrogens is 261 g/mol. The molecule has 96 valence electrons. The lowest BCUT2D eigenvalue weighted by Crippen LogP contribution is -2.45. The van der Waals surface area contributed by atoms with Crippen molar-refractivity contribution in [3.05, 3.63) is 30.1 Å². The zero-order valence-electron chi connectivity index (χ0n) is 9.41. The van der Waals surface area contributed by atoms with Crippen molar-refractivity contribution in [1.29, 1.82) is 0 Å². The van der Waals surface area contributed by atoms with Gasteiger partial charge in [-0.1, -0.05) is 0 Å². The number of nitrogens with two attached hydrogens (primary N) is 1. The average molecular weight is 278 g/mol. The molecule has 6 heteroatoms. The largest absolute Gasteiger partial charge is 0.337 e. The summed E-state index contributed by atoms with van der Waals surface area (Å²) in [6, 6.07) is 3.69. The van der Waals surface area contributed by atoms with Crippen molar-refractivity contribution < 1.29 is 4.79 Å². The molecule has 0 saturated carbocycles. The van der Waals surface area contributed by atoms with Crippen molar-refractivity contribution in [2.75, 3.05) is 13.1 Å². The molecule has 0 aromatic carbocycles. The van der Waals surface area contributed by atoms with Crippen LogP contribution in [0.2, 0.25) is 0 Å². The fraction of sp³-hybridized carbons (Fsp3) is 0.455. The number of carbonyl (C=O) groups excluding carboxylic acids is 1. The first-order valence-electron chi connectivity index (χ1n) is 5.22. The Kier molecular flexibility index (Phi) is 7.11. The summed E-state index contributed by atoms with van der Waals surface area (Å²) in [6.45, 7) is 1.47. The van der Waals surface area contributed by atoms with Crippen LogP contribution in [0.25, 0.3) is 0 Å². The molecule has 1 aliphatic heterocycles. The summed E-state index contributed by atoms with van der Waals surface area (Å²) in [4.78, 5) is 17.7. The van der Waals surface area contributed by atoms with Gasteiger partial charge in [-0.05, 0) is 25.0 Å².